The van der Waals surface area contributed by atoms with Gasteiger partial charge in [0.2, 0.25) is 0 Å². The fourth-order valence-electron chi connectivity index (χ4n) is 5.83. The van der Waals surface area contributed by atoms with Gasteiger partial charge in [-0.2, -0.15) is 0 Å². The standard InChI is InChI=1S/C30H60NO6P/c1-3-4-5-6-7-8-9-10-11-12-13-17-25-34-29-18-20-30(21-19-29)35-27-28-37-38(32,33)36-26-24-31(2)22-15-14-16-23-31/h29-30H,3-28H2,1-2H3. The predicted octanol–water partition coefficient (Wildman–Crippen LogP) is 7.16. The van der Waals surface area contributed by atoms with Gasteiger partial charge in [0.25, 0.3) is 7.82 Å². The Kier molecular flexibility index (Phi) is 18.7. The number of likely N-dealkylation sites (tertiary alicyclic amines) is 1. The molecule has 7 nitrogen and oxygen atoms in total. The number of nitrogens with zero attached hydrogens (tertiary/aromatic N) is 1. The highest BCUT2D eigenvalue weighted by molar-refractivity contribution is 7.45. The molecule has 1 unspecified atom stereocenters. The molecule has 0 N–H and O–H groups in total. The molecule has 1 saturated carbocycles. The highest BCUT2D eigenvalue weighted by atomic mass is 31.2. The number of rotatable bonds is 23. The lowest BCUT2D eigenvalue weighted by molar-refractivity contribution is -0.914. The van der Waals surface area contributed by atoms with Crippen LogP contribution in [0.3, 0.4) is 0 Å². The van der Waals surface area contributed by atoms with Crippen molar-refractivity contribution >= 4 is 7.82 Å². The number of ether oxygens (including phenoxy) is 2. The Balaban J connectivity index is 1.36. The number of hydrogen-bond acceptors (Lipinski definition) is 6. The molecule has 8 heteroatoms. The largest absolute Gasteiger partial charge is 0.756 e. The van der Waals surface area contributed by atoms with Gasteiger partial charge in [-0.1, -0.05) is 77.6 Å². The Morgan fingerprint density at radius 1 is 0.658 bits per heavy atom. The molecule has 2 fully saturated rings. The van der Waals surface area contributed by atoms with Gasteiger partial charge in [0.05, 0.1) is 45.6 Å². The molecule has 0 aromatic heterocycles. The van der Waals surface area contributed by atoms with Gasteiger partial charge in [-0.3, -0.25) is 4.57 Å². The number of phosphoric ester groups is 1. The fraction of sp³-hybridized carbons (Fsp3) is 1.00. The van der Waals surface area contributed by atoms with Gasteiger partial charge < -0.3 is 27.9 Å². The summed E-state index contributed by atoms with van der Waals surface area (Å²) >= 11 is 0. The van der Waals surface area contributed by atoms with Crippen molar-refractivity contribution in [3.05, 3.63) is 0 Å². The van der Waals surface area contributed by atoms with Gasteiger partial charge in [-0.05, 0) is 51.4 Å². The maximum atomic E-state index is 12.0. The summed E-state index contributed by atoms with van der Waals surface area (Å²) in [6, 6.07) is 0. The summed E-state index contributed by atoms with van der Waals surface area (Å²) < 4.78 is 35.0. The van der Waals surface area contributed by atoms with Crippen LogP contribution in [0.25, 0.3) is 0 Å². The number of likely N-dealkylation sites (N-methyl/N-ethyl adjacent to an activating group) is 1. The fourth-order valence-corrected chi connectivity index (χ4v) is 6.51. The smallest absolute Gasteiger partial charge is 0.268 e. The summed E-state index contributed by atoms with van der Waals surface area (Å²) in [4.78, 5) is 12.0. The van der Waals surface area contributed by atoms with Crippen LogP contribution in [0.2, 0.25) is 0 Å². The zero-order valence-corrected chi connectivity index (χ0v) is 25.8. The van der Waals surface area contributed by atoms with Gasteiger partial charge >= 0.3 is 0 Å². The van der Waals surface area contributed by atoms with Crippen LogP contribution in [0, 0.1) is 0 Å². The summed E-state index contributed by atoms with van der Waals surface area (Å²) in [5.41, 5.74) is 0. The lowest BCUT2D eigenvalue weighted by Gasteiger charge is -2.38. The van der Waals surface area contributed by atoms with Gasteiger partial charge in [-0.25, -0.2) is 0 Å². The van der Waals surface area contributed by atoms with E-state index in [1.165, 1.54) is 96.3 Å². The zero-order valence-electron chi connectivity index (χ0n) is 24.9. The quantitative estimate of drug-likeness (QED) is 0.0748. The summed E-state index contributed by atoms with van der Waals surface area (Å²) in [6.07, 6.45) is 24.5. The molecular weight excluding hydrogens is 501 g/mol. The Labute approximate surface area is 234 Å². The summed E-state index contributed by atoms with van der Waals surface area (Å²) in [6.45, 7) is 6.51. The number of quaternary nitrogens is 1. The molecule has 0 bridgehead atoms. The van der Waals surface area contributed by atoms with Gasteiger partial charge in [-0.15, -0.1) is 0 Å². The Bertz CT molecular complexity index is 608. The molecule has 0 amide bonds. The molecule has 0 aromatic carbocycles. The van der Waals surface area contributed by atoms with E-state index >= 15 is 0 Å². The third kappa shape index (κ3) is 16.9. The average Bonchev–Trinajstić information content (AvgIpc) is 2.90. The maximum Gasteiger partial charge on any atom is 0.268 e. The first-order valence-corrected chi connectivity index (χ1v) is 17.6. The van der Waals surface area contributed by atoms with Crippen molar-refractivity contribution in [3.63, 3.8) is 0 Å². The van der Waals surface area contributed by atoms with Crippen LogP contribution in [0.1, 0.15) is 129 Å². The van der Waals surface area contributed by atoms with Crippen LogP contribution in [-0.4, -0.2) is 69.8 Å². The van der Waals surface area contributed by atoms with E-state index < -0.39 is 7.82 Å². The van der Waals surface area contributed by atoms with Crippen LogP contribution in [-0.2, 0) is 23.1 Å². The lowest BCUT2D eigenvalue weighted by atomic mass is 9.95. The molecule has 38 heavy (non-hydrogen) atoms. The number of unbranched alkanes of at least 4 members (excludes halogenated alkanes) is 11. The van der Waals surface area contributed by atoms with Crippen LogP contribution in [0.5, 0.6) is 0 Å². The predicted molar refractivity (Wildman–Crippen MR) is 153 cm³/mol. The summed E-state index contributed by atoms with van der Waals surface area (Å²) in [5.74, 6) is 0. The summed E-state index contributed by atoms with van der Waals surface area (Å²) in [5, 5.41) is 0. The van der Waals surface area contributed by atoms with E-state index in [9.17, 15) is 9.46 Å². The molecule has 226 valence electrons. The second-order valence-electron chi connectivity index (χ2n) is 12.0. The van der Waals surface area contributed by atoms with E-state index in [0.29, 0.717) is 12.6 Å². The molecule has 1 atom stereocenters. The van der Waals surface area contributed by atoms with Crippen molar-refractivity contribution in [1.29, 1.82) is 0 Å². The Morgan fingerprint density at radius 2 is 1.13 bits per heavy atom. The molecular formula is C30H60NO6P. The Morgan fingerprint density at radius 3 is 1.68 bits per heavy atom. The topological polar surface area (TPSA) is 77.1 Å². The minimum absolute atomic E-state index is 0.0162. The van der Waals surface area contributed by atoms with Crippen molar-refractivity contribution in [1.82, 2.24) is 0 Å². The minimum Gasteiger partial charge on any atom is -0.756 e. The third-order valence-corrected chi connectivity index (χ3v) is 9.43. The van der Waals surface area contributed by atoms with Crippen LogP contribution in [0.15, 0.2) is 0 Å². The normalized spacial score (nSPS) is 23.3. The van der Waals surface area contributed by atoms with Gasteiger partial charge in [0.1, 0.15) is 13.2 Å². The highest BCUT2D eigenvalue weighted by Gasteiger charge is 2.25. The zero-order chi connectivity index (χ0) is 27.4. The third-order valence-electron chi connectivity index (χ3n) is 8.44. The van der Waals surface area contributed by atoms with Crippen molar-refractivity contribution in [3.8, 4) is 0 Å². The van der Waals surface area contributed by atoms with Crippen molar-refractivity contribution < 1.29 is 32.5 Å². The van der Waals surface area contributed by atoms with E-state index in [4.69, 9.17) is 18.5 Å². The second kappa shape index (κ2) is 20.8. The molecule has 1 saturated heterocycles. The Hall–Kier alpha value is -0.0100. The minimum atomic E-state index is -4.26. The van der Waals surface area contributed by atoms with Gasteiger partial charge in [0.15, 0.2) is 0 Å². The molecule has 1 heterocycles. The monoisotopic (exact) mass is 561 g/mol. The first-order valence-electron chi connectivity index (χ1n) is 16.1. The number of hydrogen-bond donors (Lipinski definition) is 0. The van der Waals surface area contributed by atoms with E-state index in [2.05, 4.69) is 14.0 Å². The van der Waals surface area contributed by atoms with Crippen LogP contribution >= 0.6 is 7.82 Å². The average molecular weight is 562 g/mol. The van der Waals surface area contributed by atoms with Crippen molar-refractivity contribution in [2.45, 2.75) is 141 Å². The van der Waals surface area contributed by atoms with E-state index in [-0.39, 0.29) is 25.9 Å². The number of piperidine rings is 1. The molecule has 1 aliphatic carbocycles. The number of phosphoric acid groups is 1. The SMILES string of the molecule is CCCCCCCCCCCCCCOC1CCC(OCCOP(=O)([O-])OCC[N+]2(C)CCCCC2)CC1. The van der Waals surface area contributed by atoms with E-state index in [1.54, 1.807) is 0 Å². The van der Waals surface area contributed by atoms with E-state index in [0.717, 1.165) is 49.9 Å². The highest BCUT2D eigenvalue weighted by Crippen LogP contribution is 2.38. The molecule has 0 aromatic rings. The molecule has 0 radical (unpaired) electrons. The molecule has 0 spiro atoms. The van der Waals surface area contributed by atoms with Crippen LogP contribution in [0.4, 0.5) is 0 Å². The lowest BCUT2D eigenvalue weighted by Crippen LogP contribution is -2.49. The maximum absolute atomic E-state index is 12.0. The van der Waals surface area contributed by atoms with E-state index in [1.807, 2.05) is 0 Å². The first-order chi connectivity index (χ1) is 18.4. The molecule has 2 aliphatic rings. The molecule has 1 aliphatic heterocycles. The molecule has 2 rings (SSSR count). The van der Waals surface area contributed by atoms with Gasteiger partial charge in [0, 0.05) is 6.61 Å². The van der Waals surface area contributed by atoms with Crippen molar-refractivity contribution in [2.75, 3.05) is 53.1 Å². The van der Waals surface area contributed by atoms with Crippen molar-refractivity contribution in [2.24, 2.45) is 0 Å². The summed E-state index contributed by atoms with van der Waals surface area (Å²) in [7, 11) is -2.09. The first kappa shape index (κ1) is 34.2. The van der Waals surface area contributed by atoms with Crippen LogP contribution < -0.4 is 4.89 Å². The second-order valence-corrected chi connectivity index (χ2v) is 13.4.